The molecule has 11 heteroatoms. The fraction of sp³-hybridized carbons (Fsp3) is 0.375. The lowest BCUT2D eigenvalue weighted by atomic mass is 9.85. The monoisotopic (exact) mass is 597 g/mol. The van der Waals surface area contributed by atoms with Crippen LogP contribution in [0.3, 0.4) is 0 Å². The van der Waals surface area contributed by atoms with Crippen molar-refractivity contribution < 1.29 is 37.4 Å². The molecule has 0 aliphatic carbocycles. The van der Waals surface area contributed by atoms with E-state index in [0.717, 1.165) is 24.3 Å². The summed E-state index contributed by atoms with van der Waals surface area (Å²) in [6, 6.07) is 9.40. The van der Waals surface area contributed by atoms with Crippen molar-refractivity contribution in [2.45, 2.75) is 63.7 Å². The van der Waals surface area contributed by atoms with Gasteiger partial charge >= 0.3 is 6.09 Å². The maximum atomic E-state index is 14.5. The number of likely N-dealkylation sites (tertiary alicyclic amines) is 1. The third-order valence-corrected chi connectivity index (χ3v) is 7.10. The zero-order valence-corrected chi connectivity index (χ0v) is 24.4. The van der Waals surface area contributed by atoms with Crippen LogP contribution < -0.4 is 5.32 Å². The highest BCUT2D eigenvalue weighted by Gasteiger charge is 2.41. The van der Waals surface area contributed by atoms with Gasteiger partial charge in [0, 0.05) is 43.6 Å². The van der Waals surface area contributed by atoms with E-state index in [-0.39, 0.29) is 36.9 Å². The molecular formula is C32H34F3N3O5. The number of hydrogen-bond acceptors (Lipinski definition) is 6. The number of aliphatic hydroxyl groups excluding tert-OH is 1. The van der Waals surface area contributed by atoms with Crippen LogP contribution in [0.25, 0.3) is 11.1 Å². The van der Waals surface area contributed by atoms with Crippen LogP contribution in [0.2, 0.25) is 0 Å². The van der Waals surface area contributed by atoms with Crippen LogP contribution in [0.4, 0.5) is 18.0 Å². The van der Waals surface area contributed by atoms with Crippen molar-refractivity contribution >= 4 is 17.8 Å². The normalized spacial score (nSPS) is 17.4. The number of halogens is 3. The van der Waals surface area contributed by atoms with Crippen molar-refractivity contribution in [1.29, 1.82) is 0 Å². The summed E-state index contributed by atoms with van der Waals surface area (Å²) in [6.07, 6.45) is -0.388. The zero-order chi connectivity index (χ0) is 31.5. The van der Waals surface area contributed by atoms with Crippen molar-refractivity contribution in [3.8, 4) is 11.1 Å². The Bertz CT molecular complexity index is 1500. The first-order chi connectivity index (χ1) is 20.3. The number of ketones is 1. The molecule has 1 aliphatic rings. The molecule has 1 fully saturated rings. The molecule has 2 amide bonds. The summed E-state index contributed by atoms with van der Waals surface area (Å²) in [5.41, 5.74) is 0.552. The molecule has 1 aliphatic heterocycles. The molecule has 2 N–H and O–H groups in total. The molecule has 4 rings (SSSR count). The van der Waals surface area contributed by atoms with E-state index < -0.39 is 58.9 Å². The lowest BCUT2D eigenvalue weighted by molar-refractivity contribution is -0.123. The van der Waals surface area contributed by atoms with E-state index in [9.17, 15) is 32.7 Å². The van der Waals surface area contributed by atoms with Crippen LogP contribution in [0, 0.1) is 17.5 Å². The molecule has 2 heterocycles. The Morgan fingerprint density at radius 3 is 2.44 bits per heavy atom. The van der Waals surface area contributed by atoms with Gasteiger partial charge in [-0.1, -0.05) is 12.1 Å². The van der Waals surface area contributed by atoms with Crippen LogP contribution in [0.15, 0.2) is 54.7 Å². The maximum absolute atomic E-state index is 14.5. The molecule has 0 unspecified atom stereocenters. The molecule has 2 aromatic carbocycles. The number of nitrogens with one attached hydrogen (secondary N) is 1. The minimum Gasteiger partial charge on any atom is -0.444 e. The highest BCUT2D eigenvalue weighted by molar-refractivity contribution is 5.95. The lowest BCUT2D eigenvalue weighted by Gasteiger charge is -2.28. The molecule has 0 spiro atoms. The van der Waals surface area contributed by atoms with E-state index in [0.29, 0.717) is 16.8 Å². The number of amides is 2. The summed E-state index contributed by atoms with van der Waals surface area (Å²) in [7, 11) is 1.38. The van der Waals surface area contributed by atoms with Crippen molar-refractivity contribution in [1.82, 2.24) is 15.2 Å². The van der Waals surface area contributed by atoms with Gasteiger partial charge in [-0.15, -0.1) is 0 Å². The first-order valence-corrected chi connectivity index (χ1v) is 13.9. The van der Waals surface area contributed by atoms with Gasteiger partial charge in [0.15, 0.2) is 5.78 Å². The number of pyridine rings is 1. The number of hydrogen-bond donors (Lipinski definition) is 2. The van der Waals surface area contributed by atoms with Gasteiger partial charge in [0.05, 0.1) is 29.9 Å². The average molecular weight is 598 g/mol. The Labute approximate surface area is 247 Å². The van der Waals surface area contributed by atoms with Gasteiger partial charge in [0.1, 0.15) is 23.1 Å². The summed E-state index contributed by atoms with van der Waals surface area (Å²) in [5, 5.41) is 12.8. The fourth-order valence-corrected chi connectivity index (χ4v) is 5.29. The van der Waals surface area contributed by atoms with Crippen LogP contribution in [-0.2, 0) is 16.0 Å². The predicted molar refractivity (Wildman–Crippen MR) is 153 cm³/mol. The van der Waals surface area contributed by atoms with Crippen LogP contribution >= 0.6 is 0 Å². The predicted octanol–water partition coefficient (Wildman–Crippen LogP) is 5.18. The zero-order valence-electron chi connectivity index (χ0n) is 24.4. The Kier molecular flexibility index (Phi) is 9.54. The van der Waals surface area contributed by atoms with Gasteiger partial charge in [-0.05, 0) is 68.7 Å². The Balaban J connectivity index is 1.75. The number of aliphatic hydroxyl groups is 1. The third-order valence-electron chi connectivity index (χ3n) is 7.10. The minimum absolute atomic E-state index is 0.00190. The second-order valence-electron chi connectivity index (χ2n) is 11.6. The SMILES string of the molecule is CNC(=O)c1cc(-c2cccnc2[C@@H](CC(=O)[C@@H]2C[C@@H](O)CN2C(=O)OC(C)(C)C)Cc2cc(F)cc(F)c2)ccc1F. The molecule has 0 saturated carbocycles. The Hall–Kier alpha value is -4.25. The number of aromatic nitrogens is 1. The first-order valence-electron chi connectivity index (χ1n) is 13.9. The molecule has 1 aromatic heterocycles. The van der Waals surface area contributed by atoms with E-state index in [4.69, 9.17) is 4.74 Å². The van der Waals surface area contributed by atoms with Crippen molar-refractivity contribution in [3.05, 3.63) is 89.0 Å². The molecule has 8 nitrogen and oxygen atoms in total. The Morgan fingerprint density at radius 1 is 1.09 bits per heavy atom. The van der Waals surface area contributed by atoms with Crippen molar-refractivity contribution in [3.63, 3.8) is 0 Å². The fourth-order valence-electron chi connectivity index (χ4n) is 5.29. The molecule has 1 saturated heterocycles. The summed E-state index contributed by atoms with van der Waals surface area (Å²) in [4.78, 5) is 44.7. The second-order valence-corrected chi connectivity index (χ2v) is 11.6. The topological polar surface area (TPSA) is 109 Å². The molecule has 0 bridgehead atoms. The van der Waals surface area contributed by atoms with E-state index in [1.165, 1.54) is 30.3 Å². The second kappa shape index (κ2) is 12.9. The maximum Gasteiger partial charge on any atom is 0.410 e. The quantitative estimate of drug-likeness (QED) is 0.371. The van der Waals surface area contributed by atoms with Gasteiger partial charge in [0.2, 0.25) is 0 Å². The highest BCUT2D eigenvalue weighted by Crippen LogP contribution is 2.35. The molecule has 43 heavy (non-hydrogen) atoms. The van der Waals surface area contributed by atoms with E-state index in [2.05, 4.69) is 10.3 Å². The van der Waals surface area contributed by atoms with E-state index in [1.54, 1.807) is 32.9 Å². The smallest absolute Gasteiger partial charge is 0.410 e. The number of benzene rings is 2. The number of ether oxygens (including phenoxy) is 1. The standard InChI is InChI=1S/C32H34F3N3O5/c1-32(2,3)43-31(42)38-17-23(39)16-27(38)28(40)14-20(10-18-11-21(33)15-22(34)12-18)29-24(6-5-9-37-29)19-7-8-26(35)25(13-19)30(41)36-4/h5-9,11-13,15,20,23,27,39H,10,14,16-17H2,1-4H3,(H,36,41)/t20-,23-,27+/m1/s1. The highest BCUT2D eigenvalue weighted by atomic mass is 19.1. The molecule has 3 atom stereocenters. The molecular weight excluding hydrogens is 563 g/mol. The number of β-amino-alcohol motifs (C(OH)–C–C–N with tert-alkyl or cyclic N) is 1. The number of carbonyl (C=O) groups excluding carboxylic acids is 3. The van der Waals surface area contributed by atoms with Gasteiger partial charge in [-0.3, -0.25) is 19.5 Å². The van der Waals surface area contributed by atoms with Crippen molar-refractivity contribution in [2.24, 2.45) is 0 Å². The minimum atomic E-state index is -0.991. The number of carbonyl (C=O) groups is 3. The summed E-state index contributed by atoms with van der Waals surface area (Å²) < 4.78 is 48.2. The van der Waals surface area contributed by atoms with E-state index >= 15 is 0 Å². The van der Waals surface area contributed by atoms with Crippen molar-refractivity contribution in [2.75, 3.05) is 13.6 Å². The molecule has 0 radical (unpaired) electrons. The van der Waals surface area contributed by atoms with E-state index in [1.807, 2.05) is 0 Å². The van der Waals surface area contributed by atoms with Crippen LogP contribution in [0.5, 0.6) is 0 Å². The molecule has 3 aromatic rings. The first kappa shape index (κ1) is 31.7. The number of rotatable bonds is 8. The van der Waals surface area contributed by atoms with Gasteiger partial charge in [0.25, 0.3) is 5.91 Å². The van der Waals surface area contributed by atoms with Gasteiger partial charge in [-0.25, -0.2) is 18.0 Å². The number of Topliss-reactive ketones (excluding diaryl/α,β-unsaturated/α-hetero) is 1. The molecule has 228 valence electrons. The largest absolute Gasteiger partial charge is 0.444 e. The third kappa shape index (κ3) is 7.78. The number of nitrogens with zero attached hydrogens (tertiary/aromatic N) is 2. The van der Waals surface area contributed by atoms with Crippen LogP contribution in [0.1, 0.15) is 61.1 Å². The van der Waals surface area contributed by atoms with Gasteiger partial charge < -0.3 is 15.2 Å². The lowest BCUT2D eigenvalue weighted by Crippen LogP contribution is -2.44. The van der Waals surface area contributed by atoms with Gasteiger partial charge in [-0.2, -0.15) is 0 Å². The summed E-state index contributed by atoms with van der Waals surface area (Å²) in [5.74, 6) is -4.08. The average Bonchev–Trinajstić information content (AvgIpc) is 3.33. The summed E-state index contributed by atoms with van der Waals surface area (Å²) >= 11 is 0. The summed E-state index contributed by atoms with van der Waals surface area (Å²) in [6.45, 7) is 4.99. The van der Waals surface area contributed by atoms with Crippen LogP contribution in [-0.4, -0.2) is 64.1 Å². The Morgan fingerprint density at radius 2 is 1.79 bits per heavy atom.